The van der Waals surface area contributed by atoms with Crippen LogP contribution in [0.2, 0.25) is 0 Å². The summed E-state index contributed by atoms with van der Waals surface area (Å²) in [6, 6.07) is 54.6. The van der Waals surface area contributed by atoms with E-state index in [1.54, 1.807) is 12.1 Å². The van der Waals surface area contributed by atoms with Crippen LogP contribution in [0.25, 0.3) is 61.5 Å². The number of para-hydroxylation sites is 2. The predicted octanol–water partition coefficient (Wildman–Crippen LogP) is 11.7. The van der Waals surface area contributed by atoms with Crippen molar-refractivity contribution in [2.24, 2.45) is 0 Å². The molecule has 255 valence electrons. The Balaban J connectivity index is 0.000000208. The average molecular weight is 856 g/mol. The van der Waals surface area contributed by atoms with E-state index >= 15 is 0 Å². The molecular weight excluding hydrogens is 815 g/mol. The number of imidazole rings is 1. The molecule has 0 bridgehead atoms. The van der Waals surface area contributed by atoms with Crippen LogP contribution in [-0.2, 0) is 26.5 Å². The van der Waals surface area contributed by atoms with Crippen molar-refractivity contribution in [3.05, 3.63) is 199 Å². The molecule has 0 aliphatic heterocycles. The van der Waals surface area contributed by atoms with Gasteiger partial charge in [0.2, 0.25) is 0 Å². The summed E-state index contributed by atoms with van der Waals surface area (Å²) in [5.74, 6) is 0.822. The predicted molar refractivity (Wildman–Crippen MR) is 208 cm³/mol. The minimum Gasteiger partial charge on any atom is -0.557 e. The molecule has 0 saturated heterocycles. The van der Waals surface area contributed by atoms with E-state index in [0.717, 1.165) is 45.5 Å². The van der Waals surface area contributed by atoms with Gasteiger partial charge in [0.05, 0.1) is 16.9 Å². The van der Waals surface area contributed by atoms with Gasteiger partial charge in [0, 0.05) is 52.1 Å². The van der Waals surface area contributed by atoms with E-state index < -0.39 is 13.7 Å². The molecule has 0 aliphatic rings. The summed E-state index contributed by atoms with van der Waals surface area (Å²) < 4.78 is 51.8. The van der Waals surface area contributed by atoms with Crippen molar-refractivity contribution >= 4 is 22.0 Å². The molecule has 0 unspecified atom stereocenters. The number of rotatable bonds is 6. The van der Waals surface area contributed by atoms with Crippen molar-refractivity contribution < 1.29 is 32.7 Å². The zero-order chi connectivity index (χ0) is 39.6. The maximum Gasteiger partial charge on any atom is 0.0774 e. The van der Waals surface area contributed by atoms with Crippen molar-refractivity contribution in [3.8, 4) is 39.5 Å². The van der Waals surface area contributed by atoms with E-state index in [1.165, 1.54) is 46.6 Å². The van der Waals surface area contributed by atoms with E-state index in [4.69, 9.17) is 17.6 Å². The summed E-state index contributed by atoms with van der Waals surface area (Å²) in [6.07, 6.45) is 5.33. The normalized spacial score (nSPS) is 13.0. The van der Waals surface area contributed by atoms with Gasteiger partial charge in [-0.3, -0.25) is 4.98 Å². The number of hydrogen-bond acceptors (Lipinski definition) is 3. The van der Waals surface area contributed by atoms with Crippen LogP contribution in [-0.4, -0.2) is 14.5 Å². The Kier molecular flexibility index (Phi) is 8.33. The van der Waals surface area contributed by atoms with E-state index in [-0.39, 0.29) is 31.2 Å². The molecular formula is C47H35IrN3O-2. The fraction of sp³-hybridized carbons (Fsp3) is 0.0638. The van der Waals surface area contributed by atoms with Gasteiger partial charge in [-0.1, -0.05) is 133 Å². The van der Waals surface area contributed by atoms with Crippen LogP contribution in [0.15, 0.2) is 168 Å². The topological polar surface area (TPSA) is 43.9 Å². The number of aromatic nitrogens is 3. The van der Waals surface area contributed by atoms with Gasteiger partial charge in [0.15, 0.2) is 0 Å². The van der Waals surface area contributed by atoms with Gasteiger partial charge >= 0.3 is 0 Å². The molecule has 9 aromatic rings. The van der Waals surface area contributed by atoms with Crippen LogP contribution in [0, 0.1) is 26.0 Å². The van der Waals surface area contributed by atoms with E-state index in [9.17, 15) is 0 Å². The molecule has 0 fully saturated rings. The third-order valence-electron chi connectivity index (χ3n) is 8.70. The number of furan rings is 1. The Morgan fingerprint density at radius 3 is 2.15 bits per heavy atom. The third-order valence-corrected chi connectivity index (χ3v) is 8.70. The zero-order valence-corrected chi connectivity index (χ0v) is 30.3. The first kappa shape index (κ1) is 27.8. The third kappa shape index (κ3) is 7.43. The van der Waals surface area contributed by atoms with E-state index in [0.29, 0.717) is 11.3 Å². The van der Waals surface area contributed by atoms with Crippen LogP contribution in [0.4, 0.5) is 0 Å². The van der Waals surface area contributed by atoms with Crippen LogP contribution < -0.4 is 0 Å². The summed E-state index contributed by atoms with van der Waals surface area (Å²) in [4.78, 5) is 9.10. The Morgan fingerprint density at radius 1 is 0.692 bits per heavy atom. The molecule has 3 aromatic heterocycles. The quantitative estimate of drug-likeness (QED) is 0.157. The molecule has 0 N–H and O–H groups in total. The maximum atomic E-state index is 7.28. The summed E-state index contributed by atoms with van der Waals surface area (Å²) in [6.45, 7) is -4.34. The van der Waals surface area contributed by atoms with Gasteiger partial charge in [-0.05, 0) is 65.5 Å². The first-order valence-corrected chi connectivity index (χ1v) is 16.6. The second-order valence-electron chi connectivity index (χ2n) is 12.2. The van der Waals surface area contributed by atoms with Crippen molar-refractivity contribution in [2.75, 3.05) is 0 Å². The molecule has 52 heavy (non-hydrogen) atoms. The summed E-state index contributed by atoms with van der Waals surface area (Å²) in [7, 11) is 0. The van der Waals surface area contributed by atoms with Gasteiger partial charge in [-0.2, -0.15) is 0 Å². The van der Waals surface area contributed by atoms with Crippen molar-refractivity contribution in [1.82, 2.24) is 14.5 Å². The molecule has 0 aliphatic carbocycles. The van der Waals surface area contributed by atoms with Crippen molar-refractivity contribution in [1.29, 1.82) is 0 Å². The largest absolute Gasteiger partial charge is 0.557 e. The Morgan fingerprint density at radius 2 is 1.42 bits per heavy atom. The Labute approximate surface area is 326 Å². The van der Waals surface area contributed by atoms with Crippen molar-refractivity contribution in [3.63, 3.8) is 0 Å². The van der Waals surface area contributed by atoms with Gasteiger partial charge in [0.1, 0.15) is 0 Å². The van der Waals surface area contributed by atoms with Crippen LogP contribution in [0.3, 0.4) is 0 Å². The number of aryl methyl sites for hydroxylation is 2. The molecule has 4 nitrogen and oxygen atoms in total. The molecule has 0 spiro atoms. The van der Waals surface area contributed by atoms with Gasteiger partial charge in [-0.25, -0.2) is 0 Å². The summed E-state index contributed by atoms with van der Waals surface area (Å²) in [5, 5.41) is 1.01. The molecule has 9 rings (SSSR count). The maximum absolute atomic E-state index is 7.28. The molecule has 0 amide bonds. The fourth-order valence-electron chi connectivity index (χ4n) is 6.15. The van der Waals surface area contributed by atoms with Crippen LogP contribution in [0.5, 0.6) is 0 Å². The van der Waals surface area contributed by atoms with E-state index in [2.05, 4.69) is 125 Å². The smallest absolute Gasteiger partial charge is 0.0774 e. The average Bonchev–Trinajstić information content (AvgIpc) is 3.83. The van der Waals surface area contributed by atoms with Crippen molar-refractivity contribution in [2.45, 2.75) is 20.1 Å². The van der Waals surface area contributed by atoms with Gasteiger partial charge in [-0.15, -0.1) is 41.5 Å². The summed E-state index contributed by atoms with van der Waals surface area (Å²) in [5.41, 5.74) is 11.1. The first-order chi connectivity index (χ1) is 27.5. The fourth-order valence-corrected chi connectivity index (χ4v) is 6.15. The van der Waals surface area contributed by atoms with Crippen LogP contribution >= 0.6 is 0 Å². The molecule has 6 aromatic carbocycles. The first-order valence-electron chi connectivity index (χ1n) is 19.6. The molecule has 5 heteroatoms. The monoisotopic (exact) mass is 856 g/mol. The minimum absolute atomic E-state index is 0. The molecule has 0 saturated carbocycles. The second-order valence-corrected chi connectivity index (χ2v) is 12.2. The molecule has 3 heterocycles. The number of fused-ring (bicyclic) bond motifs is 2. The standard InChI is InChI=1S/C34H23N2O.C13H12N.Ir/c1-3-9-24(10-4-1)21-25-15-20-29-30(23-37-33(29)22-25)34-35-31-13-7-8-14-32(31)36(34)28-18-16-27(17-19-28)26-11-5-2-6-12-26;1-10-3-6-12(7-4-10)13-8-5-11(2)9-14-13;/h1-20,22H,21H2;3-6,8-9H,1-2H3;/q2*-1;/i;1D3,2D3;. The minimum atomic E-state index is -2.18. The molecule has 0 atom stereocenters. The Bertz CT molecular complexity index is 2710. The molecule has 1 radical (unpaired) electrons. The van der Waals surface area contributed by atoms with Gasteiger partial charge in [0.25, 0.3) is 0 Å². The summed E-state index contributed by atoms with van der Waals surface area (Å²) >= 11 is 0. The number of nitrogens with zero attached hydrogens (tertiary/aromatic N) is 3. The van der Waals surface area contributed by atoms with Gasteiger partial charge < -0.3 is 14.0 Å². The number of hydrogen-bond donors (Lipinski definition) is 0. The SMILES string of the molecule is [2H]C([2H])([2H])c1c[c-]c(-c2ccc(C([2H])([2H])[2H])cn2)cc1.[Ir].[c-]1oc2cc(Cc3ccccc3)ccc2c1-c1nc2ccccc2n1-c1ccc(-c2ccccc2)cc1. The number of pyridine rings is 1. The van der Waals surface area contributed by atoms with E-state index in [1.807, 2.05) is 24.3 Å². The van der Waals surface area contributed by atoms with Crippen LogP contribution in [0.1, 0.15) is 30.5 Å². The second kappa shape index (κ2) is 15.6. The zero-order valence-electron chi connectivity index (χ0n) is 33.9. The number of benzene rings is 6. The Hall–Kier alpha value is -5.87.